The summed E-state index contributed by atoms with van der Waals surface area (Å²) in [5.74, 6) is 0.191. The van der Waals surface area contributed by atoms with E-state index in [1.165, 1.54) is 0 Å². The molecule has 1 saturated carbocycles. The Labute approximate surface area is 103 Å². The van der Waals surface area contributed by atoms with Gasteiger partial charge in [0.05, 0.1) is 18.2 Å². The average molecular weight is 243 g/mol. The molecule has 1 fully saturated rings. The number of amides is 1. The number of carbonyl (C=O) groups excluding carboxylic acids is 1. The molecule has 3 N–H and O–H groups in total. The van der Waals surface area contributed by atoms with Crippen LogP contribution in [0.3, 0.4) is 0 Å². The van der Waals surface area contributed by atoms with E-state index >= 15 is 0 Å². The molecule has 0 aliphatic heterocycles. The summed E-state index contributed by atoms with van der Waals surface area (Å²) in [7, 11) is 0. The van der Waals surface area contributed by atoms with Crippen LogP contribution in [0.25, 0.3) is 0 Å². The van der Waals surface area contributed by atoms with Crippen molar-refractivity contribution in [3.63, 3.8) is 0 Å². The maximum absolute atomic E-state index is 12.1. The van der Waals surface area contributed by atoms with Crippen molar-refractivity contribution >= 4 is 5.91 Å². The highest BCUT2D eigenvalue weighted by Crippen LogP contribution is 2.25. The van der Waals surface area contributed by atoms with E-state index in [0.29, 0.717) is 12.8 Å². The third kappa shape index (κ3) is 3.68. The Bertz CT molecular complexity index is 259. The fourth-order valence-corrected chi connectivity index (χ4v) is 2.09. The maximum Gasteiger partial charge on any atom is 0.223 e. The number of aliphatic hydroxyl groups excluding tert-OH is 2. The van der Waals surface area contributed by atoms with E-state index in [9.17, 15) is 15.0 Å². The van der Waals surface area contributed by atoms with E-state index in [2.05, 4.69) is 5.32 Å². The first kappa shape index (κ1) is 14.5. The van der Waals surface area contributed by atoms with Gasteiger partial charge in [-0.1, -0.05) is 13.8 Å². The van der Waals surface area contributed by atoms with Crippen molar-refractivity contribution < 1.29 is 15.0 Å². The van der Waals surface area contributed by atoms with Gasteiger partial charge in [-0.3, -0.25) is 4.79 Å². The molecule has 4 heteroatoms. The summed E-state index contributed by atoms with van der Waals surface area (Å²) in [4.78, 5) is 12.1. The van der Waals surface area contributed by atoms with Crippen LogP contribution in [0, 0.1) is 11.8 Å². The van der Waals surface area contributed by atoms with Gasteiger partial charge in [0.15, 0.2) is 0 Å². The summed E-state index contributed by atoms with van der Waals surface area (Å²) < 4.78 is 0. The monoisotopic (exact) mass is 243 g/mol. The summed E-state index contributed by atoms with van der Waals surface area (Å²) in [6.07, 6.45) is 2.65. The van der Waals surface area contributed by atoms with Crippen LogP contribution in [0.2, 0.25) is 0 Å². The van der Waals surface area contributed by atoms with Crippen molar-refractivity contribution in [2.75, 3.05) is 6.61 Å². The van der Waals surface area contributed by atoms with Crippen molar-refractivity contribution in [1.82, 2.24) is 5.32 Å². The van der Waals surface area contributed by atoms with Gasteiger partial charge in [-0.15, -0.1) is 0 Å². The van der Waals surface area contributed by atoms with Gasteiger partial charge in [-0.2, -0.15) is 0 Å². The highest BCUT2D eigenvalue weighted by Gasteiger charge is 2.33. The normalized spacial score (nSPS) is 28.8. The predicted molar refractivity (Wildman–Crippen MR) is 66.4 cm³/mol. The van der Waals surface area contributed by atoms with E-state index in [0.717, 1.165) is 12.8 Å². The standard InChI is InChI=1S/C13H25NO3/c1-9(2)13(3,8-15)14-12(17)10-4-6-11(16)7-5-10/h9-11,15-16H,4-8H2,1-3H3,(H,14,17)/t10?,11?,13-/m0/s1. The Morgan fingerprint density at radius 3 is 2.29 bits per heavy atom. The first-order chi connectivity index (χ1) is 7.89. The van der Waals surface area contributed by atoms with Crippen LogP contribution < -0.4 is 5.32 Å². The minimum Gasteiger partial charge on any atom is -0.394 e. The van der Waals surface area contributed by atoms with Crippen molar-refractivity contribution in [3.05, 3.63) is 0 Å². The number of nitrogens with one attached hydrogen (secondary N) is 1. The molecule has 0 unspecified atom stereocenters. The van der Waals surface area contributed by atoms with Gasteiger partial charge in [0.25, 0.3) is 0 Å². The molecular weight excluding hydrogens is 218 g/mol. The fraction of sp³-hybridized carbons (Fsp3) is 0.923. The van der Waals surface area contributed by atoms with Crippen LogP contribution in [0.1, 0.15) is 46.5 Å². The number of hydrogen-bond acceptors (Lipinski definition) is 3. The van der Waals surface area contributed by atoms with E-state index in [4.69, 9.17) is 0 Å². The molecule has 1 rings (SSSR count). The second kappa shape index (κ2) is 5.83. The highest BCUT2D eigenvalue weighted by molar-refractivity contribution is 5.79. The molecule has 0 radical (unpaired) electrons. The topological polar surface area (TPSA) is 69.6 Å². The molecule has 1 amide bonds. The summed E-state index contributed by atoms with van der Waals surface area (Å²) in [5.41, 5.74) is -0.548. The molecule has 0 aromatic rings. The molecule has 0 aromatic carbocycles. The third-order valence-electron chi connectivity index (χ3n) is 4.08. The Balaban J connectivity index is 2.53. The first-order valence-corrected chi connectivity index (χ1v) is 6.50. The van der Waals surface area contributed by atoms with Gasteiger partial charge >= 0.3 is 0 Å². The lowest BCUT2D eigenvalue weighted by atomic mass is 9.84. The Hall–Kier alpha value is -0.610. The zero-order valence-corrected chi connectivity index (χ0v) is 11.1. The van der Waals surface area contributed by atoms with E-state index in [-0.39, 0.29) is 30.5 Å². The van der Waals surface area contributed by atoms with Crippen molar-refractivity contribution in [3.8, 4) is 0 Å². The quantitative estimate of drug-likeness (QED) is 0.691. The minimum absolute atomic E-state index is 0.0111. The summed E-state index contributed by atoms with van der Waals surface area (Å²) in [6, 6.07) is 0. The molecule has 0 spiro atoms. The third-order valence-corrected chi connectivity index (χ3v) is 4.08. The second-order valence-electron chi connectivity index (χ2n) is 5.72. The summed E-state index contributed by atoms with van der Waals surface area (Å²) >= 11 is 0. The number of hydrogen-bond donors (Lipinski definition) is 3. The molecule has 4 nitrogen and oxygen atoms in total. The van der Waals surface area contributed by atoms with Crippen molar-refractivity contribution in [2.45, 2.75) is 58.1 Å². The van der Waals surface area contributed by atoms with E-state index < -0.39 is 5.54 Å². The Kier molecular flexibility index (Phi) is 4.95. The van der Waals surface area contributed by atoms with Crippen molar-refractivity contribution in [2.24, 2.45) is 11.8 Å². The second-order valence-corrected chi connectivity index (χ2v) is 5.72. The smallest absolute Gasteiger partial charge is 0.223 e. The number of rotatable bonds is 4. The zero-order valence-electron chi connectivity index (χ0n) is 11.1. The van der Waals surface area contributed by atoms with Crippen LogP contribution in [0.15, 0.2) is 0 Å². The lowest BCUT2D eigenvalue weighted by Crippen LogP contribution is -2.54. The lowest BCUT2D eigenvalue weighted by molar-refractivity contribution is -0.129. The van der Waals surface area contributed by atoms with Gasteiger partial charge in [-0.25, -0.2) is 0 Å². The fourth-order valence-electron chi connectivity index (χ4n) is 2.09. The van der Waals surface area contributed by atoms with Crippen LogP contribution in [-0.4, -0.2) is 34.4 Å². The molecule has 0 bridgehead atoms. The number of aliphatic hydroxyl groups is 2. The largest absolute Gasteiger partial charge is 0.394 e. The van der Waals surface area contributed by atoms with Gasteiger partial charge in [0.2, 0.25) is 5.91 Å². The predicted octanol–water partition coefficient (Wildman–Crippen LogP) is 1.06. The molecule has 100 valence electrons. The molecular formula is C13H25NO3. The summed E-state index contributed by atoms with van der Waals surface area (Å²) in [6.45, 7) is 5.79. The Morgan fingerprint density at radius 2 is 1.88 bits per heavy atom. The van der Waals surface area contributed by atoms with Gasteiger partial charge in [0.1, 0.15) is 0 Å². The van der Waals surface area contributed by atoms with Crippen molar-refractivity contribution in [1.29, 1.82) is 0 Å². The lowest BCUT2D eigenvalue weighted by Gasteiger charge is -2.35. The average Bonchev–Trinajstić information content (AvgIpc) is 2.29. The van der Waals surface area contributed by atoms with Crippen LogP contribution in [-0.2, 0) is 4.79 Å². The molecule has 1 atom stereocenters. The molecule has 1 aliphatic rings. The summed E-state index contributed by atoms with van der Waals surface area (Å²) in [5, 5.41) is 21.8. The van der Waals surface area contributed by atoms with E-state index in [1.807, 2.05) is 20.8 Å². The van der Waals surface area contributed by atoms with Crippen LogP contribution in [0.4, 0.5) is 0 Å². The highest BCUT2D eigenvalue weighted by atomic mass is 16.3. The zero-order chi connectivity index (χ0) is 13.1. The first-order valence-electron chi connectivity index (χ1n) is 6.50. The molecule has 0 saturated heterocycles. The minimum atomic E-state index is -0.548. The van der Waals surface area contributed by atoms with E-state index in [1.54, 1.807) is 0 Å². The Morgan fingerprint density at radius 1 is 1.35 bits per heavy atom. The molecule has 0 heterocycles. The molecule has 17 heavy (non-hydrogen) atoms. The van der Waals surface area contributed by atoms with Gasteiger partial charge in [0, 0.05) is 5.92 Å². The molecule has 1 aliphatic carbocycles. The molecule has 0 aromatic heterocycles. The van der Waals surface area contributed by atoms with Gasteiger partial charge in [-0.05, 0) is 38.5 Å². The van der Waals surface area contributed by atoms with Gasteiger partial charge < -0.3 is 15.5 Å². The maximum atomic E-state index is 12.1. The van der Waals surface area contributed by atoms with Crippen LogP contribution >= 0.6 is 0 Å². The number of carbonyl (C=O) groups is 1. The van der Waals surface area contributed by atoms with Crippen LogP contribution in [0.5, 0.6) is 0 Å². The SMILES string of the molecule is CC(C)[C@](C)(CO)NC(=O)C1CCC(O)CC1.